The maximum Gasteiger partial charge on any atom is 0.406 e. The van der Waals surface area contributed by atoms with Gasteiger partial charge in [-0.15, -0.1) is 0 Å². The van der Waals surface area contributed by atoms with Crippen molar-refractivity contribution in [1.29, 1.82) is 0 Å². The summed E-state index contributed by atoms with van der Waals surface area (Å²) in [5.41, 5.74) is 0. The van der Waals surface area contributed by atoms with Crippen LogP contribution in [0.2, 0.25) is 0 Å². The van der Waals surface area contributed by atoms with Gasteiger partial charge < -0.3 is 0 Å². The van der Waals surface area contributed by atoms with Crippen LogP contribution in [0, 0.1) is 4.77 Å². The van der Waals surface area contributed by atoms with Crippen molar-refractivity contribution >= 4 is 12.2 Å². The molecule has 1 heterocycles. The van der Waals surface area contributed by atoms with Crippen LogP contribution in [0.15, 0.2) is 0 Å². The predicted molar refractivity (Wildman–Crippen MR) is 42.8 cm³/mol. The third-order valence-corrected chi connectivity index (χ3v) is 1.80. The molecule has 3 nitrogen and oxygen atoms in total. The Balaban J connectivity index is 2.99. The van der Waals surface area contributed by atoms with Gasteiger partial charge in [-0.1, -0.05) is 6.92 Å². The average Bonchev–Trinajstić information content (AvgIpc) is 2.30. The summed E-state index contributed by atoms with van der Waals surface area (Å²) in [4.78, 5) is 0. The average molecular weight is 211 g/mol. The maximum atomic E-state index is 12.0. The fourth-order valence-corrected chi connectivity index (χ4v) is 1.18. The van der Waals surface area contributed by atoms with Crippen molar-refractivity contribution < 1.29 is 13.2 Å². The van der Waals surface area contributed by atoms with Gasteiger partial charge in [-0.3, -0.25) is 9.67 Å². The van der Waals surface area contributed by atoms with E-state index in [0.717, 1.165) is 4.57 Å². The van der Waals surface area contributed by atoms with Gasteiger partial charge in [0.05, 0.1) is 0 Å². The summed E-state index contributed by atoms with van der Waals surface area (Å²) in [7, 11) is 0. The number of nitrogens with zero attached hydrogens (tertiary/aromatic N) is 2. The van der Waals surface area contributed by atoms with Gasteiger partial charge in [0.15, 0.2) is 4.77 Å². The monoisotopic (exact) mass is 211 g/mol. The lowest BCUT2D eigenvalue weighted by atomic mass is 10.4. The number of alkyl halides is 3. The molecule has 1 N–H and O–H groups in total. The smallest absolute Gasteiger partial charge is 0.295 e. The van der Waals surface area contributed by atoms with Crippen molar-refractivity contribution in [2.24, 2.45) is 0 Å². The summed E-state index contributed by atoms with van der Waals surface area (Å²) in [6.07, 6.45) is -3.84. The first-order chi connectivity index (χ1) is 5.94. The van der Waals surface area contributed by atoms with Crippen molar-refractivity contribution in [3.8, 4) is 0 Å². The van der Waals surface area contributed by atoms with E-state index in [1.807, 2.05) is 0 Å². The van der Waals surface area contributed by atoms with Gasteiger partial charge in [0.2, 0.25) is 0 Å². The Bertz CT molecular complexity index is 338. The highest BCUT2D eigenvalue weighted by atomic mass is 32.1. The molecule has 74 valence electrons. The molecular weight excluding hydrogens is 203 g/mol. The Morgan fingerprint density at radius 2 is 2.15 bits per heavy atom. The molecule has 0 aliphatic carbocycles. The highest BCUT2D eigenvalue weighted by molar-refractivity contribution is 7.71. The molecule has 0 aromatic carbocycles. The molecule has 1 aromatic rings. The van der Waals surface area contributed by atoms with Gasteiger partial charge in [0.25, 0.3) is 0 Å². The number of rotatable bonds is 2. The molecule has 0 unspecified atom stereocenters. The number of aryl methyl sites for hydroxylation is 1. The Morgan fingerprint density at radius 1 is 1.54 bits per heavy atom. The second-order valence-corrected chi connectivity index (χ2v) is 2.89. The lowest BCUT2D eigenvalue weighted by Gasteiger charge is -2.08. The van der Waals surface area contributed by atoms with E-state index < -0.39 is 12.7 Å². The van der Waals surface area contributed by atoms with Crippen molar-refractivity contribution in [3.05, 3.63) is 10.6 Å². The number of aromatic amines is 1. The number of aromatic nitrogens is 3. The molecule has 0 atom stereocenters. The van der Waals surface area contributed by atoms with E-state index in [2.05, 4.69) is 22.4 Å². The molecule has 7 heteroatoms. The van der Waals surface area contributed by atoms with E-state index in [4.69, 9.17) is 0 Å². The highest BCUT2D eigenvalue weighted by Crippen LogP contribution is 2.18. The van der Waals surface area contributed by atoms with E-state index >= 15 is 0 Å². The predicted octanol–water partition coefficient (Wildman–Crippen LogP) is 2.07. The number of nitrogens with one attached hydrogen (secondary N) is 1. The third-order valence-electron chi connectivity index (χ3n) is 1.49. The van der Waals surface area contributed by atoms with Crippen molar-refractivity contribution in [2.45, 2.75) is 26.1 Å². The molecule has 0 fully saturated rings. The number of hydrogen-bond acceptors (Lipinski definition) is 2. The van der Waals surface area contributed by atoms with Crippen LogP contribution in [0.25, 0.3) is 0 Å². The van der Waals surface area contributed by atoms with Crippen LogP contribution in [0.4, 0.5) is 13.2 Å². The van der Waals surface area contributed by atoms with Crippen LogP contribution in [-0.2, 0) is 13.0 Å². The van der Waals surface area contributed by atoms with E-state index in [0.29, 0.717) is 12.2 Å². The van der Waals surface area contributed by atoms with Crippen molar-refractivity contribution in [2.75, 3.05) is 0 Å². The first-order valence-corrected chi connectivity index (χ1v) is 4.05. The van der Waals surface area contributed by atoms with Gasteiger partial charge in [-0.05, 0) is 12.2 Å². The molecular formula is C6H8F3N3S. The van der Waals surface area contributed by atoms with Gasteiger partial charge in [-0.25, -0.2) is 0 Å². The molecule has 0 aliphatic heterocycles. The summed E-state index contributed by atoms with van der Waals surface area (Å²) >= 11 is 4.65. The fourth-order valence-electron chi connectivity index (χ4n) is 0.963. The van der Waals surface area contributed by atoms with Gasteiger partial charge in [0.1, 0.15) is 12.4 Å². The minimum Gasteiger partial charge on any atom is -0.295 e. The first-order valence-electron chi connectivity index (χ1n) is 3.65. The lowest BCUT2D eigenvalue weighted by molar-refractivity contribution is -0.141. The van der Waals surface area contributed by atoms with Crippen LogP contribution in [0.1, 0.15) is 12.7 Å². The summed E-state index contributed by atoms with van der Waals surface area (Å²) in [5.74, 6) is 0.322. The Hall–Kier alpha value is -0.850. The SMILES string of the molecule is CCc1n[nH]c(=S)n1CC(F)(F)F. The second-order valence-electron chi connectivity index (χ2n) is 2.50. The summed E-state index contributed by atoms with van der Waals surface area (Å²) < 4.78 is 37.0. The Kier molecular flexibility index (Phi) is 2.74. The van der Waals surface area contributed by atoms with Crippen molar-refractivity contribution in [3.63, 3.8) is 0 Å². The fraction of sp³-hybridized carbons (Fsp3) is 0.667. The molecule has 0 radical (unpaired) electrons. The minimum atomic E-state index is -4.26. The van der Waals surface area contributed by atoms with Gasteiger partial charge in [-0.2, -0.15) is 18.3 Å². The van der Waals surface area contributed by atoms with Crippen LogP contribution in [0.5, 0.6) is 0 Å². The molecule has 0 spiro atoms. The number of hydrogen-bond donors (Lipinski definition) is 1. The van der Waals surface area contributed by atoms with Crippen LogP contribution < -0.4 is 0 Å². The van der Waals surface area contributed by atoms with Crippen LogP contribution in [-0.4, -0.2) is 20.9 Å². The maximum absolute atomic E-state index is 12.0. The minimum absolute atomic E-state index is 0.00850. The van der Waals surface area contributed by atoms with Gasteiger partial charge in [0, 0.05) is 6.42 Å². The topological polar surface area (TPSA) is 33.6 Å². The zero-order chi connectivity index (χ0) is 10.1. The zero-order valence-electron chi connectivity index (χ0n) is 6.85. The summed E-state index contributed by atoms with van der Waals surface area (Å²) in [6, 6.07) is 0. The first kappa shape index (κ1) is 10.2. The molecule has 1 aromatic heterocycles. The molecule has 0 aliphatic rings. The molecule has 0 bridgehead atoms. The van der Waals surface area contributed by atoms with Gasteiger partial charge >= 0.3 is 6.18 Å². The normalized spacial score (nSPS) is 12.0. The van der Waals surface area contributed by atoms with Crippen LogP contribution in [0.3, 0.4) is 0 Å². The zero-order valence-corrected chi connectivity index (χ0v) is 7.67. The van der Waals surface area contributed by atoms with E-state index in [-0.39, 0.29) is 4.77 Å². The molecule has 0 amide bonds. The summed E-state index contributed by atoms with van der Waals surface area (Å²) in [6.45, 7) is 0.642. The molecule has 13 heavy (non-hydrogen) atoms. The quantitative estimate of drug-likeness (QED) is 0.760. The van der Waals surface area contributed by atoms with E-state index in [1.54, 1.807) is 6.92 Å². The Morgan fingerprint density at radius 3 is 2.62 bits per heavy atom. The second kappa shape index (κ2) is 3.49. The standard InChI is InChI=1S/C6H8F3N3S/c1-2-4-10-11-5(13)12(4)3-6(7,8)9/h2-3H2,1H3,(H,11,13). The third kappa shape index (κ3) is 2.55. The molecule has 1 rings (SSSR count). The highest BCUT2D eigenvalue weighted by Gasteiger charge is 2.29. The lowest BCUT2D eigenvalue weighted by Crippen LogP contribution is -2.19. The van der Waals surface area contributed by atoms with Crippen LogP contribution >= 0.6 is 12.2 Å². The Labute approximate surface area is 77.6 Å². The van der Waals surface area contributed by atoms with Crippen molar-refractivity contribution in [1.82, 2.24) is 14.8 Å². The molecule has 0 saturated carbocycles. The van der Waals surface area contributed by atoms with E-state index in [9.17, 15) is 13.2 Å². The van der Waals surface area contributed by atoms with E-state index in [1.165, 1.54) is 0 Å². The largest absolute Gasteiger partial charge is 0.406 e. The summed E-state index contributed by atoms with van der Waals surface area (Å²) in [5, 5.41) is 5.99. The number of halogens is 3. The number of H-pyrrole nitrogens is 1. The molecule has 0 saturated heterocycles.